The molecule has 156 valence electrons. The zero-order chi connectivity index (χ0) is 20.8. The first-order valence-corrected chi connectivity index (χ1v) is 11.0. The van der Waals surface area contributed by atoms with Gasteiger partial charge in [0, 0.05) is 18.8 Å². The Balaban J connectivity index is 1.80. The lowest BCUT2D eigenvalue weighted by atomic mass is 9.90. The Hall–Kier alpha value is -2.55. The predicted octanol–water partition coefficient (Wildman–Crippen LogP) is 5.22. The van der Waals surface area contributed by atoms with Gasteiger partial charge in [0.1, 0.15) is 5.69 Å². The minimum absolute atomic E-state index is 0.163. The van der Waals surface area contributed by atoms with Gasteiger partial charge in [-0.2, -0.15) is 0 Å². The molecule has 0 bridgehead atoms. The lowest BCUT2D eigenvalue weighted by Gasteiger charge is -2.35. The van der Waals surface area contributed by atoms with E-state index in [1.165, 1.54) is 30.5 Å². The van der Waals surface area contributed by atoms with Gasteiger partial charge in [-0.15, -0.1) is 20.4 Å². The Kier molecular flexibility index (Phi) is 7.13. The second-order valence-electron chi connectivity index (χ2n) is 7.16. The minimum atomic E-state index is -0.503. The molecule has 0 fully saturated rings. The number of hydrogen-bond acceptors (Lipinski definition) is 9. The van der Waals surface area contributed by atoms with Gasteiger partial charge in [0.05, 0.1) is 12.3 Å². The number of carbonyl (C=O) groups is 1. The standard InChI is InChI=1S/C20H28N6O2S/c1-4-6-7-9-26-10-8-13(3)14-11-16(15(21)12-17(14)26)22-24-20-25-23-18(29-20)19(27)28-5-2/h11-13H,4-10,21H2,1-3H3. The third-order valence-electron chi connectivity index (χ3n) is 5.02. The number of nitrogens with two attached hydrogens (primary N) is 1. The summed E-state index contributed by atoms with van der Waals surface area (Å²) in [5.74, 6) is -0.0596. The molecule has 1 atom stereocenters. The van der Waals surface area contributed by atoms with Crippen LogP contribution in [-0.4, -0.2) is 35.9 Å². The molecule has 1 aliphatic rings. The fourth-order valence-corrected chi connectivity index (χ4v) is 3.96. The van der Waals surface area contributed by atoms with Crippen molar-refractivity contribution in [2.75, 3.05) is 30.3 Å². The number of nitrogen functional groups attached to an aromatic ring is 1. The van der Waals surface area contributed by atoms with Crippen LogP contribution in [0.1, 0.15) is 67.7 Å². The smallest absolute Gasteiger partial charge is 0.369 e. The summed E-state index contributed by atoms with van der Waals surface area (Å²) < 4.78 is 4.91. The highest BCUT2D eigenvalue weighted by molar-refractivity contribution is 7.16. The molecular formula is C20H28N6O2S. The highest BCUT2D eigenvalue weighted by Gasteiger charge is 2.23. The molecule has 0 saturated heterocycles. The van der Waals surface area contributed by atoms with Crippen LogP contribution in [0.25, 0.3) is 0 Å². The van der Waals surface area contributed by atoms with E-state index in [0.29, 0.717) is 22.4 Å². The summed E-state index contributed by atoms with van der Waals surface area (Å²) in [6.45, 7) is 8.58. The van der Waals surface area contributed by atoms with E-state index in [0.717, 1.165) is 30.8 Å². The molecule has 2 heterocycles. The van der Waals surface area contributed by atoms with Crippen LogP contribution in [0, 0.1) is 0 Å². The number of rotatable bonds is 8. The number of benzene rings is 1. The zero-order valence-electron chi connectivity index (χ0n) is 17.2. The lowest BCUT2D eigenvalue weighted by molar-refractivity contribution is 0.0525. The van der Waals surface area contributed by atoms with Gasteiger partial charge < -0.3 is 15.4 Å². The van der Waals surface area contributed by atoms with Gasteiger partial charge in [-0.3, -0.25) is 0 Å². The van der Waals surface area contributed by atoms with E-state index >= 15 is 0 Å². The minimum Gasteiger partial charge on any atom is -0.461 e. The van der Waals surface area contributed by atoms with Gasteiger partial charge in [-0.05, 0) is 43.4 Å². The number of fused-ring (bicyclic) bond motifs is 1. The van der Waals surface area contributed by atoms with Gasteiger partial charge in [0.15, 0.2) is 0 Å². The van der Waals surface area contributed by atoms with E-state index in [1.807, 2.05) is 12.1 Å². The van der Waals surface area contributed by atoms with E-state index in [-0.39, 0.29) is 11.6 Å². The Bertz CT molecular complexity index is 882. The van der Waals surface area contributed by atoms with E-state index in [4.69, 9.17) is 10.5 Å². The molecule has 1 aromatic carbocycles. The number of unbranched alkanes of at least 4 members (excludes halogenated alkanes) is 2. The quantitative estimate of drug-likeness (QED) is 0.274. The Morgan fingerprint density at radius 3 is 2.90 bits per heavy atom. The normalized spacial score (nSPS) is 16.2. The summed E-state index contributed by atoms with van der Waals surface area (Å²) in [7, 11) is 0. The van der Waals surface area contributed by atoms with Crippen molar-refractivity contribution in [1.29, 1.82) is 0 Å². The SMILES string of the molecule is CCCCCN1CCC(C)c2cc(N=Nc3nnc(C(=O)OCC)s3)c(N)cc21. The van der Waals surface area contributed by atoms with Gasteiger partial charge >= 0.3 is 5.97 Å². The van der Waals surface area contributed by atoms with Crippen molar-refractivity contribution in [2.45, 2.75) is 52.4 Å². The molecule has 2 aromatic rings. The van der Waals surface area contributed by atoms with Crippen LogP contribution in [0.2, 0.25) is 0 Å². The number of aromatic nitrogens is 2. The molecule has 9 heteroatoms. The van der Waals surface area contributed by atoms with Crippen molar-refractivity contribution in [2.24, 2.45) is 10.2 Å². The number of nitrogens with zero attached hydrogens (tertiary/aromatic N) is 5. The lowest BCUT2D eigenvalue weighted by Crippen LogP contribution is -2.31. The summed E-state index contributed by atoms with van der Waals surface area (Å²) in [5.41, 5.74) is 9.92. The summed E-state index contributed by atoms with van der Waals surface area (Å²) >= 11 is 1.04. The van der Waals surface area contributed by atoms with Gasteiger partial charge in [-0.25, -0.2) is 4.79 Å². The first-order valence-electron chi connectivity index (χ1n) is 10.1. The van der Waals surface area contributed by atoms with Crippen LogP contribution >= 0.6 is 11.3 Å². The second-order valence-corrected chi connectivity index (χ2v) is 8.12. The van der Waals surface area contributed by atoms with Gasteiger partial charge in [0.2, 0.25) is 5.01 Å². The molecule has 1 aromatic heterocycles. The highest BCUT2D eigenvalue weighted by atomic mass is 32.1. The number of azo groups is 1. The van der Waals surface area contributed by atoms with Crippen LogP contribution in [0.15, 0.2) is 22.4 Å². The summed E-state index contributed by atoms with van der Waals surface area (Å²) in [6, 6.07) is 4.04. The Morgan fingerprint density at radius 1 is 1.31 bits per heavy atom. The predicted molar refractivity (Wildman–Crippen MR) is 116 cm³/mol. The third kappa shape index (κ3) is 5.09. The maximum absolute atomic E-state index is 11.7. The molecule has 29 heavy (non-hydrogen) atoms. The average Bonchev–Trinajstić information content (AvgIpc) is 3.18. The van der Waals surface area contributed by atoms with Crippen molar-refractivity contribution >= 4 is 39.5 Å². The zero-order valence-corrected chi connectivity index (χ0v) is 18.0. The Morgan fingerprint density at radius 2 is 2.14 bits per heavy atom. The van der Waals surface area contributed by atoms with Crippen molar-refractivity contribution < 1.29 is 9.53 Å². The van der Waals surface area contributed by atoms with Crippen LogP contribution < -0.4 is 10.6 Å². The van der Waals surface area contributed by atoms with Crippen molar-refractivity contribution in [3.8, 4) is 0 Å². The summed E-state index contributed by atoms with van der Waals surface area (Å²) in [6.07, 6.45) is 4.74. The third-order valence-corrected chi connectivity index (χ3v) is 5.81. The van der Waals surface area contributed by atoms with Crippen LogP contribution in [0.4, 0.5) is 22.2 Å². The molecule has 1 aliphatic heterocycles. The van der Waals surface area contributed by atoms with E-state index < -0.39 is 5.97 Å². The molecule has 2 N–H and O–H groups in total. The van der Waals surface area contributed by atoms with Crippen molar-refractivity contribution in [1.82, 2.24) is 10.2 Å². The summed E-state index contributed by atoms with van der Waals surface area (Å²) in [5, 5.41) is 16.5. The number of hydrogen-bond donors (Lipinski definition) is 1. The molecule has 3 rings (SSSR count). The monoisotopic (exact) mass is 416 g/mol. The fourth-order valence-electron chi connectivity index (χ4n) is 3.40. The first-order chi connectivity index (χ1) is 14.0. The number of anilines is 2. The molecule has 0 aliphatic carbocycles. The number of ether oxygens (including phenoxy) is 1. The van der Waals surface area contributed by atoms with Crippen LogP contribution in [0.5, 0.6) is 0 Å². The summed E-state index contributed by atoms with van der Waals surface area (Å²) in [4.78, 5) is 14.1. The number of esters is 1. The maximum atomic E-state index is 11.7. The highest BCUT2D eigenvalue weighted by Crippen LogP contribution is 2.41. The molecule has 1 unspecified atom stereocenters. The molecule has 0 spiro atoms. The van der Waals surface area contributed by atoms with E-state index in [1.54, 1.807) is 6.92 Å². The van der Waals surface area contributed by atoms with Crippen LogP contribution in [-0.2, 0) is 4.74 Å². The van der Waals surface area contributed by atoms with E-state index in [2.05, 4.69) is 39.2 Å². The molecule has 0 amide bonds. The Labute approximate surface area is 175 Å². The largest absolute Gasteiger partial charge is 0.461 e. The molecule has 8 nitrogen and oxygen atoms in total. The molecule has 0 saturated carbocycles. The van der Waals surface area contributed by atoms with Crippen molar-refractivity contribution in [3.05, 3.63) is 22.7 Å². The fraction of sp³-hybridized carbons (Fsp3) is 0.550. The topological polar surface area (TPSA) is 106 Å². The maximum Gasteiger partial charge on any atom is 0.369 e. The first kappa shape index (κ1) is 21.2. The average molecular weight is 417 g/mol. The second kappa shape index (κ2) is 9.78. The van der Waals surface area contributed by atoms with E-state index in [9.17, 15) is 4.79 Å². The molecule has 0 radical (unpaired) electrons. The number of carbonyl (C=O) groups excluding carboxylic acids is 1. The van der Waals surface area contributed by atoms with Crippen LogP contribution in [0.3, 0.4) is 0 Å². The van der Waals surface area contributed by atoms with Gasteiger partial charge in [0.25, 0.3) is 5.13 Å². The van der Waals surface area contributed by atoms with Gasteiger partial charge in [-0.1, -0.05) is 38.0 Å². The van der Waals surface area contributed by atoms with Crippen molar-refractivity contribution in [3.63, 3.8) is 0 Å². The molecular weight excluding hydrogens is 388 g/mol.